The van der Waals surface area contributed by atoms with Crippen LogP contribution in [0.25, 0.3) is 10.2 Å². The lowest BCUT2D eigenvalue weighted by atomic mass is 10.2. The molecule has 1 aromatic carbocycles. The fourth-order valence-electron chi connectivity index (χ4n) is 2.95. The third kappa shape index (κ3) is 3.73. The molecule has 0 amide bonds. The van der Waals surface area contributed by atoms with E-state index in [4.69, 9.17) is 4.74 Å². The molecule has 0 aliphatic carbocycles. The van der Waals surface area contributed by atoms with E-state index >= 15 is 0 Å². The van der Waals surface area contributed by atoms with Crippen LogP contribution in [0.2, 0.25) is 0 Å². The van der Waals surface area contributed by atoms with Crippen LogP contribution in [0.5, 0.6) is 0 Å². The Morgan fingerprint density at radius 3 is 2.44 bits per heavy atom. The third-order valence-corrected chi connectivity index (χ3v) is 5.77. The van der Waals surface area contributed by atoms with E-state index in [-0.39, 0.29) is 12.6 Å². The van der Waals surface area contributed by atoms with Crippen molar-refractivity contribution in [3.63, 3.8) is 0 Å². The molecule has 7 heteroatoms. The zero-order chi connectivity index (χ0) is 19.6. The molecular formula is C20H22N2O4S. The van der Waals surface area contributed by atoms with Crippen molar-refractivity contribution >= 4 is 27.5 Å². The maximum absolute atomic E-state index is 12.9. The van der Waals surface area contributed by atoms with Crippen molar-refractivity contribution in [3.05, 3.63) is 67.7 Å². The van der Waals surface area contributed by atoms with Gasteiger partial charge in [0.2, 0.25) is 0 Å². The Bertz CT molecular complexity index is 1080. The number of thiophene rings is 1. The van der Waals surface area contributed by atoms with Crippen molar-refractivity contribution in [2.24, 2.45) is 7.05 Å². The van der Waals surface area contributed by atoms with Gasteiger partial charge in [0, 0.05) is 7.05 Å². The van der Waals surface area contributed by atoms with Crippen molar-refractivity contribution in [1.29, 1.82) is 0 Å². The first-order valence-electron chi connectivity index (χ1n) is 8.94. The Morgan fingerprint density at radius 1 is 1.15 bits per heavy atom. The summed E-state index contributed by atoms with van der Waals surface area (Å²) in [7, 11) is 1.61. The van der Waals surface area contributed by atoms with E-state index in [1.807, 2.05) is 44.2 Å². The molecule has 27 heavy (non-hydrogen) atoms. The number of fused-ring (bicyclic) bond motifs is 1. The molecular weight excluding hydrogens is 364 g/mol. The number of benzene rings is 1. The maximum atomic E-state index is 12.9. The minimum absolute atomic E-state index is 0.152. The number of nitrogens with zero attached hydrogens (tertiary/aromatic N) is 2. The third-order valence-electron chi connectivity index (χ3n) is 4.58. The van der Waals surface area contributed by atoms with Gasteiger partial charge in [0.05, 0.1) is 11.9 Å². The number of hydrogen-bond donors (Lipinski definition) is 0. The molecule has 0 aliphatic heterocycles. The smallest absolute Gasteiger partial charge is 0.348 e. The number of esters is 1. The van der Waals surface area contributed by atoms with Gasteiger partial charge in [-0.1, -0.05) is 44.2 Å². The van der Waals surface area contributed by atoms with Crippen molar-refractivity contribution in [2.45, 2.75) is 39.3 Å². The fraction of sp³-hybridized carbons (Fsp3) is 0.350. The lowest BCUT2D eigenvalue weighted by Crippen LogP contribution is -2.38. The molecule has 0 fully saturated rings. The Kier molecular flexibility index (Phi) is 5.60. The number of hydrogen-bond acceptors (Lipinski definition) is 5. The van der Waals surface area contributed by atoms with Gasteiger partial charge in [0.25, 0.3) is 5.56 Å². The van der Waals surface area contributed by atoms with Crippen LogP contribution in [-0.2, 0) is 18.3 Å². The number of carbonyl (C=O) groups excluding carboxylic acids is 1. The van der Waals surface area contributed by atoms with Crippen molar-refractivity contribution in [1.82, 2.24) is 9.13 Å². The van der Waals surface area contributed by atoms with Crippen molar-refractivity contribution < 1.29 is 9.53 Å². The predicted molar refractivity (Wildman–Crippen MR) is 107 cm³/mol. The van der Waals surface area contributed by atoms with Crippen LogP contribution in [0.3, 0.4) is 0 Å². The quantitative estimate of drug-likeness (QED) is 0.610. The molecule has 2 aromatic heterocycles. The van der Waals surface area contributed by atoms with E-state index in [0.717, 1.165) is 29.7 Å². The van der Waals surface area contributed by atoms with E-state index in [9.17, 15) is 14.4 Å². The van der Waals surface area contributed by atoms with Crippen LogP contribution in [-0.4, -0.2) is 21.2 Å². The zero-order valence-corrected chi connectivity index (χ0v) is 16.4. The minimum atomic E-state index is -0.452. The van der Waals surface area contributed by atoms with Gasteiger partial charge in [-0.05, 0) is 24.5 Å². The molecule has 3 rings (SSSR count). The summed E-state index contributed by atoms with van der Waals surface area (Å²) in [6, 6.07) is 10.9. The normalized spacial score (nSPS) is 11.3. The highest BCUT2D eigenvalue weighted by molar-refractivity contribution is 7.20. The first-order valence-corrected chi connectivity index (χ1v) is 9.76. The van der Waals surface area contributed by atoms with Gasteiger partial charge < -0.3 is 4.74 Å². The topological polar surface area (TPSA) is 70.3 Å². The molecule has 0 atom stereocenters. The second kappa shape index (κ2) is 7.92. The van der Waals surface area contributed by atoms with Crippen LogP contribution < -0.4 is 11.2 Å². The Labute approximate surface area is 160 Å². The van der Waals surface area contributed by atoms with Crippen LogP contribution in [0.4, 0.5) is 0 Å². The Hall–Kier alpha value is -2.67. The zero-order valence-electron chi connectivity index (χ0n) is 15.6. The average Bonchev–Trinajstić information content (AvgIpc) is 3.14. The summed E-state index contributed by atoms with van der Waals surface area (Å²) in [5.41, 5.74) is 0.0625. The number of aromatic nitrogens is 2. The molecule has 0 unspecified atom stereocenters. The summed E-state index contributed by atoms with van der Waals surface area (Å²) in [5.74, 6) is -0.452. The molecule has 0 spiro atoms. The molecule has 0 bridgehead atoms. The van der Waals surface area contributed by atoms with Gasteiger partial charge in [-0.25, -0.2) is 9.59 Å². The van der Waals surface area contributed by atoms with Gasteiger partial charge in [0.1, 0.15) is 15.8 Å². The summed E-state index contributed by atoms with van der Waals surface area (Å²) in [5, 5.41) is 0.356. The Balaban J connectivity index is 2.05. The van der Waals surface area contributed by atoms with E-state index in [1.54, 1.807) is 7.05 Å². The fourth-order valence-corrected chi connectivity index (χ4v) is 3.94. The molecule has 3 aromatic rings. The van der Waals surface area contributed by atoms with Gasteiger partial charge in [-0.3, -0.25) is 13.9 Å². The lowest BCUT2D eigenvalue weighted by Gasteiger charge is -2.12. The highest BCUT2D eigenvalue weighted by Crippen LogP contribution is 2.23. The summed E-state index contributed by atoms with van der Waals surface area (Å²) < 4.78 is 8.09. The number of ether oxygens (including phenoxy) is 1. The second-order valence-corrected chi connectivity index (χ2v) is 7.42. The largest absolute Gasteiger partial charge is 0.458 e. The predicted octanol–water partition coefficient (Wildman–Crippen LogP) is 3.16. The number of rotatable bonds is 6. The first kappa shape index (κ1) is 19.1. The number of carbonyl (C=O) groups is 1. The summed E-state index contributed by atoms with van der Waals surface area (Å²) in [6.45, 7) is 4.10. The Morgan fingerprint density at radius 2 is 1.81 bits per heavy atom. The summed E-state index contributed by atoms with van der Waals surface area (Å²) >= 11 is 1.11. The van der Waals surface area contributed by atoms with Gasteiger partial charge in [0.15, 0.2) is 0 Å². The van der Waals surface area contributed by atoms with E-state index in [2.05, 4.69) is 0 Å². The molecule has 6 nitrogen and oxygen atoms in total. The highest BCUT2D eigenvalue weighted by atomic mass is 32.1. The SMILES string of the molecule is CCC(CC)OC(=O)c1cc2c(=O)n(Cc3ccccc3)c(=O)n(C)c2s1. The monoisotopic (exact) mass is 386 g/mol. The molecule has 0 saturated carbocycles. The standard InChI is InChI=1S/C20H22N2O4S/c1-4-14(5-2)26-19(24)16-11-15-17(23)22(12-13-9-7-6-8-10-13)20(25)21(3)18(15)27-16/h6-11,14H,4-5,12H2,1-3H3. The van der Waals surface area contributed by atoms with Crippen LogP contribution >= 0.6 is 11.3 Å². The molecule has 0 radical (unpaired) electrons. The van der Waals surface area contributed by atoms with Crippen LogP contribution in [0.1, 0.15) is 41.9 Å². The van der Waals surface area contributed by atoms with Gasteiger partial charge >= 0.3 is 11.7 Å². The van der Waals surface area contributed by atoms with E-state index in [1.165, 1.54) is 15.2 Å². The molecule has 142 valence electrons. The van der Waals surface area contributed by atoms with Crippen LogP contribution in [0, 0.1) is 0 Å². The average molecular weight is 386 g/mol. The minimum Gasteiger partial charge on any atom is -0.458 e. The number of aryl methyl sites for hydroxylation is 1. The summed E-state index contributed by atoms with van der Waals surface area (Å²) in [4.78, 5) is 38.8. The molecule has 2 heterocycles. The molecule has 0 N–H and O–H groups in total. The van der Waals surface area contributed by atoms with Crippen molar-refractivity contribution in [3.8, 4) is 0 Å². The van der Waals surface area contributed by atoms with Gasteiger partial charge in [-0.2, -0.15) is 0 Å². The van der Waals surface area contributed by atoms with Gasteiger partial charge in [-0.15, -0.1) is 11.3 Å². The molecule has 0 aliphatic rings. The van der Waals surface area contributed by atoms with E-state index < -0.39 is 17.2 Å². The van der Waals surface area contributed by atoms with E-state index in [0.29, 0.717) is 15.1 Å². The lowest BCUT2D eigenvalue weighted by molar-refractivity contribution is 0.0290. The van der Waals surface area contributed by atoms with Crippen LogP contribution in [0.15, 0.2) is 46.0 Å². The summed E-state index contributed by atoms with van der Waals surface area (Å²) in [6.07, 6.45) is 1.31. The first-order chi connectivity index (χ1) is 13.0. The van der Waals surface area contributed by atoms with Crippen molar-refractivity contribution in [2.75, 3.05) is 0 Å². The second-order valence-electron chi connectivity index (χ2n) is 6.39. The maximum Gasteiger partial charge on any atom is 0.348 e. The highest BCUT2D eigenvalue weighted by Gasteiger charge is 2.20. The molecule has 0 saturated heterocycles.